The fraction of sp³-hybridized carbons (Fsp3) is 0.650. The van der Waals surface area contributed by atoms with E-state index >= 15 is 0 Å². The maximum atomic E-state index is 12.3. The number of fused-ring (bicyclic) bond motifs is 1. The third-order valence-electron chi connectivity index (χ3n) is 5.62. The molecule has 4 rings (SSSR count). The lowest BCUT2D eigenvalue weighted by Gasteiger charge is -2.29. The second-order valence-corrected chi connectivity index (χ2v) is 8.56. The van der Waals surface area contributed by atoms with Crippen LogP contribution in [0.15, 0.2) is 24.3 Å². The number of nitrogens with zero attached hydrogens (tertiary/aromatic N) is 2. The molecule has 136 valence electrons. The van der Waals surface area contributed by atoms with E-state index in [4.69, 9.17) is 9.47 Å². The summed E-state index contributed by atoms with van der Waals surface area (Å²) < 4.78 is 11.0. The summed E-state index contributed by atoms with van der Waals surface area (Å²) in [6.45, 7) is 10.9. The Balaban J connectivity index is 1.43. The highest BCUT2D eigenvalue weighted by atomic mass is 16.6. The molecule has 1 aromatic carbocycles. The summed E-state index contributed by atoms with van der Waals surface area (Å²) in [5.41, 5.74) is 2.35. The van der Waals surface area contributed by atoms with Crippen LogP contribution in [0.25, 0.3) is 0 Å². The fourth-order valence-corrected chi connectivity index (χ4v) is 4.22. The van der Waals surface area contributed by atoms with Gasteiger partial charge >= 0.3 is 6.09 Å². The predicted molar refractivity (Wildman–Crippen MR) is 97.1 cm³/mol. The van der Waals surface area contributed by atoms with Crippen LogP contribution in [-0.2, 0) is 14.9 Å². The first-order chi connectivity index (χ1) is 11.9. The van der Waals surface area contributed by atoms with Gasteiger partial charge in [-0.1, -0.05) is 12.1 Å². The molecule has 1 aliphatic carbocycles. The minimum Gasteiger partial charge on any atom is -0.444 e. The summed E-state index contributed by atoms with van der Waals surface area (Å²) in [6, 6.07) is 8.95. The standard InChI is InChI=1S/C20H28N2O3/c1-19(2,3)25-18(23)22-13-16-12-20(16,14-22)15-4-6-17(7-5-15)21-8-10-24-11-9-21/h4-7,16H,8-14H2,1-3H3/t16-,20+/m1/s1. The molecule has 1 amide bonds. The summed E-state index contributed by atoms with van der Waals surface area (Å²) in [5.74, 6) is 0.578. The van der Waals surface area contributed by atoms with Gasteiger partial charge in [-0.25, -0.2) is 4.79 Å². The number of ether oxygens (including phenoxy) is 2. The molecule has 0 aromatic heterocycles. The molecule has 0 radical (unpaired) electrons. The summed E-state index contributed by atoms with van der Waals surface area (Å²) in [7, 11) is 0. The third kappa shape index (κ3) is 3.22. The molecule has 0 N–H and O–H groups in total. The molecule has 2 aliphatic heterocycles. The summed E-state index contributed by atoms with van der Waals surface area (Å²) in [5, 5.41) is 0. The van der Waals surface area contributed by atoms with E-state index in [-0.39, 0.29) is 11.5 Å². The Morgan fingerprint density at radius 3 is 2.52 bits per heavy atom. The van der Waals surface area contributed by atoms with Crippen molar-refractivity contribution >= 4 is 11.8 Å². The van der Waals surface area contributed by atoms with Crippen LogP contribution >= 0.6 is 0 Å². The lowest BCUT2D eigenvalue weighted by atomic mass is 9.94. The molecule has 3 fully saturated rings. The Morgan fingerprint density at radius 2 is 1.88 bits per heavy atom. The maximum Gasteiger partial charge on any atom is 0.410 e. The van der Waals surface area contributed by atoms with Gasteiger partial charge in [-0.05, 0) is 50.8 Å². The zero-order valence-electron chi connectivity index (χ0n) is 15.5. The molecule has 2 saturated heterocycles. The van der Waals surface area contributed by atoms with E-state index in [9.17, 15) is 4.79 Å². The molecule has 1 saturated carbocycles. The third-order valence-corrected chi connectivity index (χ3v) is 5.62. The number of anilines is 1. The van der Waals surface area contributed by atoms with E-state index in [1.54, 1.807) is 0 Å². The van der Waals surface area contributed by atoms with E-state index in [2.05, 4.69) is 29.2 Å². The van der Waals surface area contributed by atoms with Crippen LogP contribution in [0.4, 0.5) is 10.5 Å². The molecule has 3 aliphatic rings. The Labute approximate surface area is 149 Å². The van der Waals surface area contributed by atoms with Crippen LogP contribution in [0.2, 0.25) is 0 Å². The van der Waals surface area contributed by atoms with Crippen molar-refractivity contribution in [2.24, 2.45) is 5.92 Å². The van der Waals surface area contributed by atoms with Crippen molar-refractivity contribution in [1.82, 2.24) is 4.90 Å². The van der Waals surface area contributed by atoms with Crippen molar-refractivity contribution in [3.63, 3.8) is 0 Å². The van der Waals surface area contributed by atoms with Crippen LogP contribution in [0.5, 0.6) is 0 Å². The van der Waals surface area contributed by atoms with Gasteiger partial charge in [-0.2, -0.15) is 0 Å². The van der Waals surface area contributed by atoms with E-state index in [0.717, 1.165) is 39.4 Å². The second-order valence-electron chi connectivity index (χ2n) is 8.56. The van der Waals surface area contributed by atoms with Gasteiger partial charge in [0.15, 0.2) is 0 Å². The van der Waals surface area contributed by atoms with Crippen molar-refractivity contribution in [3.8, 4) is 0 Å². The first kappa shape index (κ1) is 16.7. The number of amides is 1. The highest BCUT2D eigenvalue weighted by Crippen LogP contribution is 2.59. The zero-order chi connectivity index (χ0) is 17.7. The molecule has 0 unspecified atom stereocenters. The SMILES string of the molecule is CC(C)(C)OC(=O)N1C[C@H]2C[C@@]2(c2ccc(N3CCOCC3)cc2)C1. The van der Waals surface area contributed by atoms with E-state index < -0.39 is 5.60 Å². The average Bonchev–Trinajstić information content (AvgIpc) is 3.16. The van der Waals surface area contributed by atoms with Crippen LogP contribution in [0.1, 0.15) is 32.8 Å². The number of morpholine rings is 1. The number of benzene rings is 1. The Hall–Kier alpha value is -1.75. The van der Waals surface area contributed by atoms with Gasteiger partial charge < -0.3 is 19.3 Å². The van der Waals surface area contributed by atoms with Gasteiger partial charge in [-0.15, -0.1) is 0 Å². The highest BCUT2D eigenvalue weighted by molar-refractivity contribution is 5.70. The number of piperidine rings is 1. The number of carbonyl (C=O) groups excluding carboxylic acids is 1. The topological polar surface area (TPSA) is 42.0 Å². The minimum atomic E-state index is -0.434. The van der Waals surface area contributed by atoms with Gasteiger partial charge in [0, 0.05) is 37.3 Å². The van der Waals surface area contributed by atoms with E-state index in [1.807, 2.05) is 25.7 Å². The average molecular weight is 344 g/mol. The normalized spacial score (nSPS) is 28.7. The van der Waals surface area contributed by atoms with Crippen LogP contribution in [0, 0.1) is 5.92 Å². The molecule has 5 heteroatoms. The second kappa shape index (κ2) is 5.90. The Kier molecular flexibility index (Phi) is 3.95. The van der Waals surface area contributed by atoms with Gasteiger partial charge in [0.2, 0.25) is 0 Å². The molecular formula is C20H28N2O3. The molecular weight excluding hydrogens is 316 g/mol. The first-order valence-corrected chi connectivity index (χ1v) is 9.29. The van der Waals surface area contributed by atoms with E-state index in [0.29, 0.717) is 5.92 Å². The molecule has 0 bridgehead atoms. The molecule has 25 heavy (non-hydrogen) atoms. The van der Waals surface area contributed by atoms with E-state index in [1.165, 1.54) is 17.7 Å². The highest BCUT2D eigenvalue weighted by Gasteiger charge is 2.62. The lowest BCUT2D eigenvalue weighted by molar-refractivity contribution is 0.0270. The van der Waals surface area contributed by atoms with Crippen molar-refractivity contribution in [3.05, 3.63) is 29.8 Å². The smallest absolute Gasteiger partial charge is 0.410 e. The summed E-state index contributed by atoms with van der Waals surface area (Å²) in [6.07, 6.45) is 1.01. The largest absolute Gasteiger partial charge is 0.444 e. The fourth-order valence-electron chi connectivity index (χ4n) is 4.22. The molecule has 5 nitrogen and oxygen atoms in total. The summed E-state index contributed by atoms with van der Waals surface area (Å²) >= 11 is 0. The predicted octanol–water partition coefficient (Wildman–Crippen LogP) is 3.03. The number of hydrogen-bond donors (Lipinski definition) is 0. The van der Waals surface area contributed by atoms with Crippen LogP contribution in [-0.4, -0.2) is 56.0 Å². The quantitative estimate of drug-likeness (QED) is 0.827. The lowest BCUT2D eigenvalue weighted by Crippen LogP contribution is -2.37. The Morgan fingerprint density at radius 1 is 1.20 bits per heavy atom. The van der Waals surface area contributed by atoms with Crippen molar-refractivity contribution in [1.29, 1.82) is 0 Å². The van der Waals surface area contributed by atoms with Crippen LogP contribution < -0.4 is 4.90 Å². The van der Waals surface area contributed by atoms with Crippen molar-refractivity contribution in [2.75, 3.05) is 44.3 Å². The molecule has 2 atom stereocenters. The number of carbonyl (C=O) groups is 1. The molecule has 1 aromatic rings. The molecule has 2 heterocycles. The number of rotatable bonds is 2. The maximum absolute atomic E-state index is 12.3. The Bertz CT molecular complexity index is 646. The van der Waals surface area contributed by atoms with Crippen molar-refractivity contribution in [2.45, 2.75) is 38.2 Å². The zero-order valence-corrected chi connectivity index (χ0v) is 15.5. The van der Waals surface area contributed by atoms with Crippen molar-refractivity contribution < 1.29 is 14.3 Å². The molecule has 0 spiro atoms. The van der Waals surface area contributed by atoms with Crippen LogP contribution in [0.3, 0.4) is 0 Å². The van der Waals surface area contributed by atoms with Gasteiger partial charge in [-0.3, -0.25) is 0 Å². The minimum absolute atomic E-state index is 0.153. The summed E-state index contributed by atoms with van der Waals surface area (Å²) in [4.78, 5) is 16.6. The van der Waals surface area contributed by atoms with Gasteiger partial charge in [0.25, 0.3) is 0 Å². The van der Waals surface area contributed by atoms with Gasteiger partial charge in [0.1, 0.15) is 5.60 Å². The van der Waals surface area contributed by atoms with Gasteiger partial charge in [0.05, 0.1) is 13.2 Å². The first-order valence-electron chi connectivity index (χ1n) is 9.29. The number of hydrogen-bond acceptors (Lipinski definition) is 4. The number of likely N-dealkylation sites (tertiary alicyclic amines) is 1. The monoisotopic (exact) mass is 344 g/mol.